The second-order valence-corrected chi connectivity index (χ2v) is 8.27. The number of halogens is 1. The second kappa shape index (κ2) is 6.34. The molecule has 0 fully saturated rings. The first-order chi connectivity index (χ1) is 9.41. The van der Waals surface area contributed by atoms with Gasteiger partial charge in [0.25, 0.3) is 0 Å². The van der Waals surface area contributed by atoms with Gasteiger partial charge < -0.3 is 5.32 Å². The van der Waals surface area contributed by atoms with Crippen LogP contribution >= 0.6 is 11.6 Å². The zero-order valence-electron chi connectivity index (χ0n) is 12.9. The van der Waals surface area contributed by atoms with Crippen molar-refractivity contribution in [1.29, 1.82) is 0 Å². The first-order valence-electron chi connectivity index (χ1n) is 6.45. The Balaban J connectivity index is 2.86. The highest BCUT2D eigenvalue weighted by Gasteiger charge is 2.31. The Morgan fingerprint density at radius 2 is 1.90 bits per heavy atom. The third kappa shape index (κ3) is 5.30. The molecule has 0 aliphatic rings. The molecule has 0 heterocycles. The van der Waals surface area contributed by atoms with Gasteiger partial charge in [0.15, 0.2) is 0 Å². The summed E-state index contributed by atoms with van der Waals surface area (Å²) in [7, 11) is -3.48. The molecule has 21 heavy (non-hydrogen) atoms. The predicted molar refractivity (Wildman–Crippen MR) is 86.1 cm³/mol. The van der Waals surface area contributed by atoms with Crippen molar-refractivity contribution in [3.63, 3.8) is 0 Å². The average Bonchev–Trinajstić information content (AvgIpc) is 2.28. The molecule has 5 nitrogen and oxygen atoms in total. The molecular weight excluding hydrogens is 312 g/mol. The minimum absolute atomic E-state index is 0.242. The maximum atomic E-state index is 12.1. The minimum Gasteiger partial charge on any atom is -0.325 e. The quantitative estimate of drug-likeness (QED) is 0.921. The zero-order valence-corrected chi connectivity index (χ0v) is 14.5. The number of amides is 1. The normalized spacial score (nSPS) is 12.5. The van der Waals surface area contributed by atoms with Crippen molar-refractivity contribution in [1.82, 2.24) is 4.31 Å². The van der Waals surface area contributed by atoms with E-state index < -0.39 is 21.5 Å². The van der Waals surface area contributed by atoms with Gasteiger partial charge in [-0.15, -0.1) is 0 Å². The Morgan fingerprint density at radius 3 is 2.33 bits per heavy atom. The Hall–Kier alpha value is -1.11. The highest BCUT2D eigenvalue weighted by molar-refractivity contribution is 7.88. The molecule has 0 saturated carbocycles. The number of hydrogen-bond donors (Lipinski definition) is 1. The van der Waals surface area contributed by atoms with E-state index in [1.165, 1.54) is 0 Å². The molecular formula is C14H21ClN2O3S. The first-order valence-corrected chi connectivity index (χ1v) is 8.67. The van der Waals surface area contributed by atoms with Gasteiger partial charge in [0, 0.05) is 16.2 Å². The van der Waals surface area contributed by atoms with Crippen LogP contribution in [0.1, 0.15) is 26.3 Å². The lowest BCUT2D eigenvalue weighted by Crippen LogP contribution is -2.48. The number of sulfonamides is 1. The van der Waals surface area contributed by atoms with Crippen LogP contribution in [-0.2, 0) is 14.8 Å². The lowest BCUT2D eigenvalue weighted by atomic mass is 10.1. The Kier molecular flexibility index (Phi) is 5.41. The number of nitrogens with one attached hydrogen (secondary N) is 1. The molecule has 7 heteroatoms. The monoisotopic (exact) mass is 332 g/mol. The van der Waals surface area contributed by atoms with Gasteiger partial charge in [0.1, 0.15) is 0 Å². The van der Waals surface area contributed by atoms with E-state index in [9.17, 15) is 13.2 Å². The molecule has 0 saturated heterocycles. The molecule has 1 N–H and O–H groups in total. The third-order valence-electron chi connectivity index (χ3n) is 2.89. The van der Waals surface area contributed by atoms with Crippen LogP contribution in [0.2, 0.25) is 5.02 Å². The molecule has 1 aromatic carbocycles. The molecule has 1 rings (SSSR count). The van der Waals surface area contributed by atoms with Gasteiger partial charge in [-0.05, 0) is 45.4 Å². The molecule has 0 bridgehead atoms. The van der Waals surface area contributed by atoms with E-state index >= 15 is 0 Å². The standard InChI is InChI=1S/C14H21ClN2O3S/c1-10-6-7-11(8-12(10)15)16-13(18)9-17(14(2,3)4)21(5,19)20/h6-8H,9H2,1-5H3,(H,16,18). The van der Waals surface area contributed by atoms with Gasteiger partial charge in [-0.2, -0.15) is 4.31 Å². The molecule has 0 aromatic heterocycles. The van der Waals surface area contributed by atoms with Crippen molar-refractivity contribution in [2.24, 2.45) is 0 Å². The average molecular weight is 333 g/mol. The van der Waals surface area contributed by atoms with Crippen LogP contribution in [0.5, 0.6) is 0 Å². The number of anilines is 1. The van der Waals surface area contributed by atoms with Crippen molar-refractivity contribution in [3.05, 3.63) is 28.8 Å². The van der Waals surface area contributed by atoms with Crippen LogP contribution in [0.15, 0.2) is 18.2 Å². The summed E-state index contributed by atoms with van der Waals surface area (Å²) in [5.41, 5.74) is 0.774. The van der Waals surface area contributed by atoms with Crippen LogP contribution in [0.4, 0.5) is 5.69 Å². The third-order valence-corrected chi connectivity index (χ3v) is 4.78. The fourth-order valence-corrected chi connectivity index (χ4v) is 3.38. The Bertz CT molecular complexity index is 636. The van der Waals surface area contributed by atoms with Gasteiger partial charge in [-0.25, -0.2) is 8.42 Å². The fourth-order valence-electron chi connectivity index (χ4n) is 1.85. The van der Waals surface area contributed by atoms with Crippen molar-refractivity contribution >= 4 is 33.2 Å². The molecule has 0 aliphatic carbocycles. The van der Waals surface area contributed by atoms with E-state index in [-0.39, 0.29) is 6.54 Å². The van der Waals surface area contributed by atoms with E-state index in [0.717, 1.165) is 16.1 Å². The molecule has 0 unspecified atom stereocenters. The predicted octanol–water partition coefficient (Wildman–Crippen LogP) is 2.65. The largest absolute Gasteiger partial charge is 0.325 e. The SMILES string of the molecule is Cc1ccc(NC(=O)CN(C(C)(C)C)S(C)(=O)=O)cc1Cl. The topological polar surface area (TPSA) is 66.5 Å². The van der Waals surface area contributed by atoms with Crippen LogP contribution in [0, 0.1) is 6.92 Å². The highest BCUT2D eigenvalue weighted by Crippen LogP contribution is 2.21. The molecule has 0 atom stereocenters. The summed E-state index contributed by atoms with van der Waals surface area (Å²) in [5, 5.41) is 3.20. The smallest absolute Gasteiger partial charge is 0.239 e. The number of rotatable bonds is 4. The van der Waals surface area contributed by atoms with E-state index in [1.807, 2.05) is 6.92 Å². The number of carbonyl (C=O) groups is 1. The van der Waals surface area contributed by atoms with E-state index in [1.54, 1.807) is 39.0 Å². The lowest BCUT2D eigenvalue weighted by Gasteiger charge is -2.32. The molecule has 0 radical (unpaired) electrons. The van der Waals surface area contributed by atoms with Crippen molar-refractivity contribution in [2.45, 2.75) is 33.2 Å². The van der Waals surface area contributed by atoms with Crippen LogP contribution in [0.25, 0.3) is 0 Å². The van der Waals surface area contributed by atoms with Crippen LogP contribution < -0.4 is 5.32 Å². The second-order valence-electron chi connectivity index (χ2n) is 5.95. The van der Waals surface area contributed by atoms with Crippen molar-refractivity contribution in [2.75, 3.05) is 18.1 Å². The molecule has 0 aliphatic heterocycles. The van der Waals surface area contributed by atoms with Crippen molar-refractivity contribution in [3.8, 4) is 0 Å². The molecule has 0 spiro atoms. The fraction of sp³-hybridized carbons (Fsp3) is 0.500. The number of nitrogens with zero attached hydrogens (tertiary/aromatic N) is 1. The van der Waals surface area contributed by atoms with Crippen molar-refractivity contribution < 1.29 is 13.2 Å². The number of aryl methyl sites for hydroxylation is 1. The summed E-state index contributed by atoms with van der Waals surface area (Å²) in [4.78, 5) is 12.1. The number of carbonyl (C=O) groups excluding carboxylic acids is 1. The summed E-state index contributed by atoms with van der Waals surface area (Å²) in [6, 6.07) is 5.15. The maximum Gasteiger partial charge on any atom is 0.239 e. The first kappa shape index (κ1) is 17.9. The Labute approximate surface area is 131 Å². The summed E-state index contributed by atoms with van der Waals surface area (Å²) >= 11 is 5.99. The number of hydrogen-bond acceptors (Lipinski definition) is 3. The zero-order chi connectivity index (χ0) is 16.4. The van der Waals surface area contributed by atoms with Crippen LogP contribution in [-0.4, -0.2) is 37.0 Å². The van der Waals surface area contributed by atoms with Gasteiger partial charge in [0.2, 0.25) is 15.9 Å². The highest BCUT2D eigenvalue weighted by atomic mass is 35.5. The summed E-state index contributed by atoms with van der Waals surface area (Å²) in [6.45, 7) is 6.84. The van der Waals surface area contributed by atoms with Gasteiger partial charge in [-0.3, -0.25) is 4.79 Å². The summed E-state index contributed by atoms with van der Waals surface area (Å²) in [6.07, 6.45) is 1.09. The van der Waals surface area contributed by atoms with Gasteiger partial charge in [-0.1, -0.05) is 17.7 Å². The maximum absolute atomic E-state index is 12.1. The molecule has 118 valence electrons. The van der Waals surface area contributed by atoms with E-state index in [2.05, 4.69) is 5.32 Å². The van der Waals surface area contributed by atoms with E-state index in [0.29, 0.717) is 10.7 Å². The van der Waals surface area contributed by atoms with Crippen LogP contribution in [0.3, 0.4) is 0 Å². The van der Waals surface area contributed by atoms with E-state index in [4.69, 9.17) is 11.6 Å². The molecule has 1 aromatic rings. The summed E-state index contributed by atoms with van der Waals surface area (Å²) < 4.78 is 24.7. The lowest BCUT2D eigenvalue weighted by molar-refractivity contribution is -0.117. The van der Waals surface area contributed by atoms with Gasteiger partial charge in [0.05, 0.1) is 12.8 Å². The van der Waals surface area contributed by atoms with Gasteiger partial charge >= 0.3 is 0 Å². The molecule has 1 amide bonds. The Morgan fingerprint density at radius 1 is 1.33 bits per heavy atom. The minimum atomic E-state index is -3.48. The number of benzene rings is 1. The summed E-state index contributed by atoms with van der Waals surface area (Å²) in [5.74, 6) is -0.407.